The summed E-state index contributed by atoms with van der Waals surface area (Å²) in [5.74, 6) is 1.06. The third-order valence-corrected chi connectivity index (χ3v) is 6.52. The van der Waals surface area contributed by atoms with Gasteiger partial charge in [0.15, 0.2) is 5.96 Å². The van der Waals surface area contributed by atoms with E-state index in [4.69, 9.17) is 0 Å². The molecule has 0 radical (unpaired) electrons. The molecular weight excluding hydrogens is 336 g/mol. The van der Waals surface area contributed by atoms with Gasteiger partial charge >= 0.3 is 0 Å². The number of aromatic nitrogens is 2. The molecule has 1 aliphatic heterocycles. The van der Waals surface area contributed by atoms with E-state index in [1.54, 1.807) is 0 Å². The lowest BCUT2D eigenvalue weighted by Crippen LogP contribution is -2.51. The van der Waals surface area contributed by atoms with Crippen LogP contribution in [-0.4, -0.2) is 66.3 Å². The van der Waals surface area contributed by atoms with Crippen molar-refractivity contribution in [2.75, 3.05) is 40.8 Å². The molecule has 3 rings (SSSR count). The molecule has 1 atom stereocenters. The van der Waals surface area contributed by atoms with Gasteiger partial charge in [-0.05, 0) is 45.2 Å². The van der Waals surface area contributed by atoms with Crippen molar-refractivity contribution >= 4 is 5.96 Å². The van der Waals surface area contributed by atoms with Gasteiger partial charge in [-0.2, -0.15) is 5.10 Å². The van der Waals surface area contributed by atoms with Gasteiger partial charge in [-0.1, -0.05) is 25.7 Å². The number of likely N-dealkylation sites (tertiary alicyclic amines) is 1. The van der Waals surface area contributed by atoms with Crippen LogP contribution in [0.5, 0.6) is 0 Å². The van der Waals surface area contributed by atoms with Crippen LogP contribution < -0.4 is 5.32 Å². The Balaban J connectivity index is 1.64. The average molecular weight is 375 g/mol. The Morgan fingerprint density at radius 1 is 1.22 bits per heavy atom. The Hall–Kier alpha value is -1.56. The Morgan fingerprint density at radius 2 is 1.93 bits per heavy atom. The summed E-state index contributed by atoms with van der Waals surface area (Å²) in [4.78, 5) is 9.40. The number of guanidine groups is 1. The second-order valence-electron chi connectivity index (χ2n) is 8.79. The fourth-order valence-electron chi connectivity index (χ4n) is 5.01. The van der Waals surface area contributed by atoms with E-state index in [1.807, 2.05) is 25.0 Å². The van der Waals surface area contributed by atoms with Crippen LogP contribution in [0.2, 0.25) is 0 Å². The highest BCUT2D eigenvalue weighted by molar-refractivity contribution is 5.80. The van der Waals surface area contributed by atoms with E-state index in [2.05, 4.69) is 45.5 Å². The van der Waals surface area contributed by atoms with E-state index in [-0.39, 0.29) is 6.04 Å². The summed E-state index contributed by atoms with van der Waals surface area (Å²) in [5, 5.41) is 8.01. The maximum absolute atomic E-state index is 4.64. The van der Waals surface area contributed by atoms with E-state index >= 15 is 0 Å². The average Bonchev–Trinajstić information content (AvgIpc) is 2.95. The van der Waals surface area contributed by atoms with Crippen LogP contribution in [-0.2, 0) is 7.05 Å². The van der Waals surface area contributed by atoms with Crippen LogP contribution in [0, 0.1) is 5.41 Å². The lowest BCUT2D eigenvalue weighted by Gasteiger charge is -2.44. The molecule has 0 amide bonds. The van der Waals surface area contributed by atoms with Gasteiger partial charge in [0.25, 0.3) is 0 Å². The molecule has 1 aromatic heterocycles. The normalized spacial score (nSPS) is 22.1. The summed E-state index contributed by atoms with van der Waals surface area (Å²) >= 11 is 0. The molecule has 0 aromatic carbocycles. The van der Waals surface area contributed by atoms with Gasteiger partial charge in [0.2, 0.25) is 0 Å². The molecule has 27 heavy (non-hydrogen) atoms. The monoisotopic (exact) mass is 374 g/mol. The zero-order valence-electron chi connectivity index (χ0n) is 17.7. The van der Waals surface area contributed by atoms with Gasteiger partial charge in [0.1, 0.15) is 0 Å². The Morgan fingerprint density at radius 3 is 2.52 bits per heavy atom. The Bertz CT molecular complexity index is 612. The van der Waals surface area contributed by atoms with Crippen molar-refractivity contribution in [1.29, 1.82) is 0 Å². The molecule has 2 heterocycles. The number of rotatable bonds is 4. The zero-order valence-corrected chi connectivity index (χ0v) is 17.7. The summed E-state index contributed by atoms with van der Waals surface area (Å²) in [6.07, 6.45) is 15.2. The smallest absolute Gasteiger partial charge is 0.193 e. The number of nitrogens with one attached hydrogen (secondary N) is 1. The summed E-state index contributed by atoms with van der Waals surface area (Å²) < 4.78 is 1.88. The molecule has 1 N–H and O–H groups in total. The number of aryl methyl sites for hydroxylation is 1. The minimum absolute atomic E-state index is 0.284. The molecule has 6 nitrogen and oxygen atoms in total. The second-order valence-corrected chi connectivity index (χ2v) is 8.79. The molecule has 152 valence electrons. The topological polar surface area (TPSA) is 48.7 Å². The molecule has 1 aromatic rings. The fourth-order valence-corrected chi connectivity index (χ4v) is 5.01. The summed E-state index contributed by atoms with van der Waals surface area (Å²) in [5.41, 5.74) is 1.76. The maximum Gasteiger partial charge on any atom is 0.193 e. The van der Waals surface area contributed by atoms with Crippen LogP contribution >= 0.6 is 0 Å². The van der Waals surface area contributed by atoms with Crippen molar-refractivity contribution in [3.8, 4) is 0 Å². The first-order valence-corrected chi connectivity index (χ1v) is 10.6. The van der Waals surface area contributed by atoms with Crippen LogP contribution in [0.15, 0.2) is 17.4 Å². The van der Waals surface area contributed by atoms with Gasteiger partial charge < -0.3 is 15.1 Å². The minimum Gasteiger partial charge on any atom is -0.354 e. The fraction of sp³-hybridized carbons (Fsp3) is 0.810. The molecular formula is C21H38N6. The third-order valence-electron chi connectivity index (χ3n) is 6.52. The Kier molecular flexibility index (Phi) is 6.79. The van der Waals surface area contributed by atoms with Crippen LogP contribution in [0.1, 0.15) is 63.0 Å². The van der Waals surface area contributed by atoms with Crippen LogP contribution in [0.25, 0.3) is 0 Å². The molecule has 0 bridgehead atoms. The largest absolute Gasteiger partial charge is 0.354 e. The summed E-state index contributed by atoms with van der Waals surface area (Å²) in [6, 6.07) is 0.284. The lowest BCUT2D eigenvalue weighted by atomic mass is 9.74. The van der Waals surface area contributed by atoms with Crippen molar-refractivity contribution in [3.05, 3.63) is 18.0 Å². The van der Waals surface area contributed by atoms with Gasteiger partial charge in [-0.15, -0.1) is 0 Å². The van der Waals surface area contributed by atoms with E-state index in [0.29, 0.717) is 5.41 Å². The molecule has 1 aliphatic carbocycles. The standard InChI is InChI=1S/C21H38N6/c1-22-20(23-15-19(25(2)3)18-14-24-26(4)16-18)27-13-9-12-21(17-27)10-7-5-6-8-11-21/h14,16,19H,5-13,15,17H2,1-4H3,(H,22,23). The number of nitrogens with zero attached hydrogens (tertiary/aromatic N) is 5. The van der Waals surface area contributed by atoms with E-state index < -0.39 is 0 Å². The first-order valence-electron chi connectivity index (χ1n) is 10.6. The van der Waals surface area contributed by atoms with Gasteiger partial charge in [0, 0.05) is 45.5 Å². The number of hydrogen-bond donors (Lipinski definition) is 1. The zero-order chi connectivity index (χ0) is 19.3. The quantitative estimate of drug-likeness (QED) is 0.650. The number of hydrogen-bond acceptors (Lipinski definition) is 3. The number of piperidine rings is 1. The molecule has 6 heteroatoms. The highest BCUT2D eigenvalue weighted by Crippen LogP contribution is 2.42. The minimum atomic E-state index is 0.284. The van der Waals surface area contributed by atoms with Gasteiger partial charge in [-0.3, -0.25) is 9.67 Å². The SMILES string of the molecule is CN=C(NCC(c1cnn(C)c1)N(C)C)N1CCCC2(CCCCCC2)C1. The molecule has 1 saturated carbocycles. The third kappa shape index (κ3) is 5.03. The maximum atomic E-state index is 4.64. The van der Waals surface area contributed by atoms with Crippen LogP contribution in [0.3, 0.4) is 0 Å². The lowest BCUT2D eigenvalue weighted by molar-refractivity contribution is 0.115. The predicted octanol–water partition coefficient (Wildman–Crippen LogP) is 3.03. The molecule has 1 spiro atoms. The van der Waals surface area contributed by atoms with Crippen molar-refractivity contribution in [2.45, 2.75) is 57.4 Å². The summed E-state index contributed by atoms with van der Waals surface area (Å²) in [6.45, 7) is 3.14. The molecule has 2 aliphatic rings. The first kappa shape index (κ1) is 20.2. The van der Waals surface area contributed by atoms with Crippen molar-refractivity contribution in [1.82, 2.24) is 24.9 Å². The highest BCUT2D eigenvalue weighted by Gasteiger charge is 2.36. The molecule has 1 unspecified atom stereocenters. The van der Waals surface area contributed by atoms with E-state index in [0.717, 1.165) is 19.0 Å². The van der Waals surface area contributed by atoms with Crippen LogP contribution in [0.4, 0.5) is 0 Å². The Labute approximate surface area is 165 Å². The number of likely N-dealkylation sites (N-methyl/N-ethyl adjacent to an activating group) is 1. The van der Waals surface area contributed by atoms with Gasteiger partial charge in [0.05, 0.1) is 12.2 Å². The predicted molar refractivity (Wildman–Crippen MR) is 112 cm³/mol. The molecule has 2 fully saturated rings. The van der Waals surface area contributed by atoms with E-state index in [9.17, 15) is 0 Å². The first-order chi connectivity index (χ1) is 13.0. The van der Waals surface area contributed by atoms with Gasteiger partial charge in [-0.25, -0.2) is 0 Å². The van der Waals surface area contributed by atoms with E-state index in [1.165, 1.54) is 63.5 Å². The van der Waals surface area contributed by atoms with Crippen molar-refractivity contribution in [2.24, 2.45) is 17.5 Å². The number of aliphatic imine (C=N–C) groups is 1. The van der Waals surface area contributed by atoms with Crippen molar-refractivity contribution in [3.63, 3.8) is 0 Å². The summed E-state index contributed by atoms with van der Waals surface area (Å²) in [7, 11) is 8.15. The highest BCUT2D eigenvalue weighted by atomic mass is 15.3. The molecule has 1 saturated heterocycles. The second kappa shape index (κ2) is 9.09. The van der Waals surface area contributed by atoms with Crippen molar-refractivity contribution < 1.29 is 0 Å².